The van der Waals surface area contributed by atoms with E-state index in [1.54, 1.807) is 0 Å². The molecule has 0 radical (unpaired) electrons. The fraction of sp³-hybridized carbons (Fsp3) is 0.737. The van der Waals surface area contributed by atoms with Crippen LogP contribution >= 0.6 is 11.3 Å². The zero-order valence-corrected chi connectivity index (χ0v) is 16.2. The average Bonchev–Trinajstić information content (AvgIpc) is 3.33. The van der Waals surface area contributed by atoms with Gasteiger partial charge in [0.05, 0.1) is 6.54 Å². The normalized spacial score (nSPS) is 23.2. The molecular formula is C19H32N4S. The van der Waals surface area contributed by atoms with E-state index in [2.05, 4.69) is 53.4 Å². The number of guanidine groups is 1. The number of rotatable bonds is 5. The molecule has 2 fully saturated rings. The summed E-state index contributed by atoms with van der Waals surface area (Å²) in [5.74, 6) is 1.10. The molecule has 1 unspecified atom stereocenters. The molecule has 134 valence electrons. The van der Waals surface area contributed by atoms with Gasteiger partial charge >= 0.3 is 0 Å². The monoisotopic (exact) mass is 348 g/mol. The highest BCUT2D eigenvalue weighted by Gasteiger charge is 2.31. The highest BCUT2D eigenvalue weighted by atomic mass is 32.1. The first-order valence-electron chi connectivity index (χ1n) is 9.41. The fourth-order valence-electron chi connectivity index (χ4n) is 3.78. The van der Waals surface area contributed by atoms with Crippen molar-refractivity contribution in [2.75, 3.05) is 39.3 Å². The van der Waals surface area contributed by atoms with Crippen LogP contribution in [0.3, 0.4) is 0 Å². The lowest BCUT2D eigenvalue weighted by molar-refractivity contribution is 0.249. The summed E-state index contributed by atoms with van der Waals surface area (Å²) in [6.45, 7) is 13.4. The van der Waals surface area contributed by atoms with E-state index in [9.17, 15) is 0 Å². The van der Waals surface area contributed by atoms with Crippen LogP contribution in [0.5, 0.6) is 0 Å². The first-order valence-corrected chi connectivity index (χ1v) is 10.3. The summed E-state index contributed by atoms with van der Waals surface area (Å²) in [5, 5.41) is 5.67. The van der Waals surface area contributed by atoms with Gasteiger partial charge in [-0.3, -0.25) is 9.89 Å². The van der Waals surface area contributed by atoms with Crippen molar-refractivity contribution in [2.24, 2.45) is 4.99 Å². The van der Waals surface area contributed by atoms with Gasteiger partial charge in [-0.25, -0.2) is 0 Å². The van der Waals surface area contributed by atoms with Crippen molar-refractivity contribution >= 4 is 17.3 Å². The number of hydrogen-bond donors (Lipinski definition) is 1. The van der Waals surface area contributed by atoms with Crippen molar-refractivity contribution in [3.05, 3.63) is 22.4 Å². The molecule has 4 nitrogen and oxygen atoms in total. The topological polar surface area (TPSA) is 30.9 Å². The first-order chi connectivity index (χ1) is 11.6. The van der Waals surface area contributed by atoms with E-state index in [0.717, 1.165) is 38.2 Å². The molecule has 0 aromatic carbocycles. The maximum atomic E-state index is 5.00. The van der Waals surface area contributed by atoms with Gasteiger partial charge in [-0.2, -0.15) is 0 Å². The summed E-state index contributed by atoms with van der Waals surface area (Å²) in [6, 6.07) is 5.09. The number of nitrogens with zero attached hydrogens (tertiary/aromatic N) is 3. The van der Waals surface area contributed by atoms with Crippen LogP contribution in [0.15, 0.2) is 22.5 Å². The third-order valence-corrected chi connectivity index (χ3v) is 6.50. The summed E-state index contributed by atoms with van der Waals surface area (Å²) < 4.78 is 0. The number of nitrogens with one attached hydrogen (secondary N) is 1. The van der Waals surface area contributed by atoms with Crippen LogP contribution in [-0.4, -0.2) is 61.1 Å². The van der Waals surface area contributed by atoms with Crippen molar-refractivity contribution in [2.45, 2.75) is 51.5 Å². The summed E-state index contributed by atoms with van der Waals surface area (Å²) in [5.41, 5.74) is 0.100. The Balaban J connectivity index is 1.63. The smallest absolute Gasteiger partial charge is 0.193 e. The van der Waals surface area contributed by atoms with Gasteiger partial charge in [0.1, 0.15) is 0 Å². The highest BCUT2D eigenvalue weighted by molar-refractivity contribution is 7.10. The number of aliphatic imine (C=N–C) groups is 1. The van der Waals surface area contributed by atoms with Crippen molar-refractivity contribution in [1.29, 1.82) is 0 Å². The lowest BCUT2D eigenvalue weighted by Gasteiger charge is -2.27. The molecular weight excluding hydrogens is 316 g/mol. The van der Waals surface area contributed by atoms with Gasteiger partial charge in [0.15, 0.2) is 5.96 Å². The number of hydrogen-bond acceptors (Lipinski definition) is 3. The Labute approximate surface area is 150 Å². The SMILES string of the molecule is CCNC(=NCC(C)(C)c1cccs1)N1CCC(N2CCCC2)C1. The third kappa shape index (κ3) is 4.12. The molecule has 24 heavy (non-hydrogen) atoms. The predicted octanol–water partition coefficient (Wildman–Crippen LogP) is 3.16. The molecule has 1 atom stereocenters. The number of thiophene rings is 1. The average molecular weight is 349 g/mol. The maximum Gasteiger partial charge on any atom is 0.193 e. The Bertz CT molecular complexity index is 532. The van der Waals surface area contributed by atoms with Crippen LogP contribution in [0, 0.1) is 0 Å². The minimum atomic E-state index is 0.100. The molecule has 0 aliphatic carbocycles. The third-order valence-electron chi connectivity index (χ3n) is 5.27. The Kier molecular flexibility index (Phi) is 5.82. The van der Waals surface area contributed by atoms with Crippen molar-refractivity contribution in [3.63, 3.8) is 0 Å². The first kappa shape index (κ1) is 17.7. The predicted molar refractivity (Wildman–Crippen MR) is 104 cm³/mol. The molecule has 0 bridgehead atoms. The molecule has 1 aromatic heterocycles. The van der Waals surface area contributed by atoms with Gasteiger partial charge in [-0.05, 0) is 50.7 Å². The molecule has 1 aromatic rings. The van der Waals surface area contributed by atoms with Gasteiger partial charge in [0, 0.05) is 36.0 Å². The van der Waals surface area contributed by atoms with Gasteiger partial charge < -0.3 is 10.2 Å². The molecule has 2 aliphatic rings. The highest BCUT2D eigenvalue weighted by Crippen LogP contribution is 2.28. The molecule has 0 amide bonds. The van der Waals surface area contributed by atoms with Gasteiger partial charge in [0.2, 0.25) is 0 Å². The van der Waals surface area contributed by atoms with E-state index in [1.165, 1.54) is 37.2 Å². The Morgan fingerprint density at radius 2 is 2.12 bits per heavy atom. The van der Waals surface area contributed by atoms with E-state index in [4.69, 9.17) is 4.99 Å². The summed E-state index contributed by atoms with van der Waals surface area (Å²) >= 11 is 1.83. The molecule has 3 rings (SSSR count). The Hall–Kier alpha value is -1.07. The molecule has 1 N–H and O–H groups in total. The van der Waals surface area contributed by atoms with E-state index in [0.29, 0.717) is 0 Å². The van der Waals surface area contributed by atoms with Gasteiger partial charge in [0.25, 0.3) is 0 Å². The van der Waals surface area contributed by atoms with Gasteiger partial charge in [-0.1, -0.05) is 19.9 Å². The lowest BCUT2D eigenvalue weighted by atomic mass is 9.92. The van der Waals surface area contributed by atoms with Crippen LogP contribution in [0.2, 0.25) is 0 Å². The van der Waals surface area contributed by atoms with Crippen LogP contribution < -0.4 is 5.32 Å². The van der Waals surface area contributed by atoms with Crippen molar-refractivity contribution < 1.29 is 0 Å². The van der Waals surface area contributed by atoms with Crippen molar-refractivity contribution in [3.8, 4) is 0 Å². The summed E-state index contributed by atoms with van der Waals surface area (Å²) in [6.07, 6.45) is 4.03. The zero-order valence-electron chi connectivity index (χ0n) is 15.4. The Morgan fingerprint density at radius 1 is 1.33 bits per heavy atom. The van der Waals surface area contributed by atoms with E-state index in [1.807, 2.05) is 11.3 Å². The molecule has 0 saturated carbocycles. The second-order valence-electron chi connectivity index (χ2n) is 7.66. The lowest BCUT2D eigenvalue weighted by Crippen LogP contribution is -2.43. The van der Waals surface area contributed by atoms with Crippen LogP contribution in [0.1, 0.15) is 44.9 Å². The molecule has 3 heterocycles. The summed E-state index contributed by atoms with van der Waals surface area (Å²) in [7, 11) is 0. The van der Waals surface area contributed by atoms with E-state index >= 15 is 0 Å². The summed E-state index contributed by atoms with van der Waals surface area (Å²) in [4.78, 5) is 11.6. The minimum Gasteiger partial charge on any atom is -0.357 e. The van der Waals surface area contributed by atoms with Crippen molar-refractivity contribution in [1.82, 2.24) is 15.1 Å². The van der Waals surface area contributed by atoms with E-state index < -0.39 is 0 Å². The molecule has 2 aliphatic heterocycles. The minimum absolute atomic E-state index is 0.100. The largest absolute Gasteiger partial charge is 0.357 e. The second-order valence-corrected chi connectivity index (χ2v) is 8.61. The fourth-order valence-corrected chi connectivity index (χ4v) is 4.62. The van der Waals surface area contributed by atoms with E-state index in [-0.39, 0.29) is 5.41 Å². The van der Waals surface area contributed by atoms with Crippen LogP contribution in [-0.2, 0) is 5.41 Å². The molecule has 2 saturated heterocycles. The quantitative estimate of drug-likeness (QED) is 0.655. The molecule has 0 spiro atoms. The second kappa shape index (κ2) is 7.87. The Morgan fingerprint density at radius 3 is 2.79 bits per heavy atom. The molecule has 5 heteroatoms. The standard InChI is InChI=1S/C19H32N4S/c1-4-20-18(21-15-19(2,3)17-8-7-13-24-17)23-12-9-16(14-23)22-10-5-6-11-22/h7-8,13,16H,4-6,9-12,14-15H2,1-3H3,(H,20,21). The van der Waals surface area contributed by atoms with Gasteiger partial charge in [-0.15, -0.1) is 11.3 Å². The number of likely N-dealkylation sites (tertiary alicyclic amines) is 2. The van der Waals surface area contributed by atoms with Crippen LogP contribution in [0.25, 0.3) is 0 Å². The zero-order chi connectivity index (χ0) is 17.0. The van der Waals surface area contributed by atoms with Crippen LogP contribution in [0.4, 0.5) is 0 Å². The maximum absolute atomic E-state index is 5.00.